The Morgan fingerprint density at radius 3 is 3.00 bits per heavy atom. The first-order valence-corrected chi connectivity index (χ1v) is 9.31. The molecule has 1 aliphatic rings. The van der Waals surface area contributed by atoms with E-state index in [0.717, 1.165) is 31.2 Å². The van der Waals surface area contributed by atoms with Crippen LogP contribution in [-0.2, 0) is 11.3 Å². The van der Waals surface area contributed by atoms with E-state index < -0.39 is 0 Å². The fourth-order valence-corrected chi connectivity index (χ4v) is 3.65. The van der Waals surface area contributed by atoms with Crippen LogP contribution in [-0.4, -0.2) is 35.5 Å². The summed E-state index contributed by atoms with van der Waals surface area (Å²) in [6.45, 7) is 5.17. The standard InChI is InChI=1S/C18H22FN3O2S/c1-13-3-2-8-22(9-13)10-15-12-25-18(20-15)21-17(23)11-24-16-6-4-14(19)5-7-16/h4-7,12-13H,2-3,8-11H2,1H3,(H,20,21,23)/t13-/m0/s1. The lowest BCUT2D eigenvalue weighted by atomic mass is 10.0. The van der Waals surface area contributed by atoms with Crippen molar-refractivity contribution in [3.05, 3.63) is 41.2 Å². The number of likely N-dealkylation sites (tertiary alicyclic amines) is 1. The maximum absolute atomic E-state index is 12.8. The van der Waals surface area contributed by atoms with Crippen LogP contribution in [0.2, 0.25) is 0 Å². The largest absolute Gasteiger partial charge is 0.484 e. The van der Waals surface area contributed by atoms with E-state index in [0.29, 0.717) is 10.9 Å². The van der Waals surface area contributed by atoms with E-state index in [1.807, 2.05) is 5.38 Å². The molecule has 2 heterocycles. The Morgan fingerprint density at radius 1 is 1.44 bits per heavy atom. The molecule has 0 saturated carbocycles. The molecule has 1 aromatic heterocycles. The summed E-state index contributed by atoms with van der Waals surface area (Å²) in [7, 11) is 0. The number of benzene rings is 1. The Bertz CT molecular complexity index is 705. The van der Waals surface area contributed by atoms with Crippen LogP contribution in [0.5, 0.6) is 5.75 Å². The van der Waals surface area contributed by atoms with Crippen LogP contribution >= 0.6 is 11.3 Å². The van der Waals surface area contributed by atoms with Crippen molar-refractivity contribution >= 4 is 22.4 Å². The lowest BCUT2D eigenvalue weighted by Gasteiger charge is -2.30. The highest BCUT2D eigenvalue weighted by atomic mass is 32.1. The number of nitrogens with one attached hydrogen (secondary N) is 1. The predicted octanol–water partition coefficient (Wildman–Crippen LogP) is 3.53. The number of amides is 1. The number of aromatic nitrogens is 1. The Hall–Kier alpha value is -1.99. The molecule has 1 aliphatic heterocycles. The number of anilines is 1. The van der Waals surface area contributed by atoms with Crippen molar-refractivity contribution in [1.82, 2.24) is 9.88 Å². The summed E-state index contributed by atoms with van der Waals surface area (Å²) >= 11 is 1.42. The van der Waals surface area contributed by atoms with Gasteiger partial charge in [-0.05, 0) is 49.6 Å². The normalized spacial score (nSPS) is 18.1. The lowest BCUT2D eigenvalue weighted by Crippen LogP contribution is -2.33. The molecule has 1 saturated heterocycles. The van der Waals surface area contributed by atoms with E-state index in [1.54, 1.807) is 0 Å². The minimum atomic E-state index is -0.338. The van der Waals surface area contributed by atoms with Gasteiger partial charge in [0.2, 0.25) is 0 Å². The molecule has 1 atom stereocenters. The second kappa shape index (κ2) is 8.40. The lowest BCUT2D eigenvalue weighted by molar-refractivity contribution is -0.118. The van der Waals surface area contributed by atoms with Crippen LogP contribution in [0.15, 0.2) is 29.6 Å². The molecular formula is C18H22FN3O2S. The van der Waals surface area contributed by atoms with Gasteiger partial charge in [-0.1, -0.05) is 6.92 Å². The zero-order chi connectivity index (χ0) is 17.6. The highest BCUT2D eigenvalue weighted by molar-refractivity contribution is 7.13. The SMILES string of the molecule is C[C@H]1CCCN(Cc2csc(NC(=O)COc3ccc(F)cc3)n2)C1. The molecule has 5 nitrogen and oxygen atoms in total. The molecule has 0 spiro atoms. The second-order valence-electron chi connectivity index (χ2n) is 6.42. The van der Waals surface area contributed by atoms with Gasteiger partial charge in [0.1, 0.15) is 11.6 Å². The molecule has 1 N–H and O–H groups in total. The van der Waals surface area contributed by atoms with Crippen molar-refractivity contribution < 1.29 is 13.9 Å². The number of carbonyl (C=O) groups is 1. The smallest absolute Gasteiger partial charge is 0.264 e. The minimum Gasteiger partial charge on any atom is -0.484 e. The number of piperidine rings is 1. The van der Waals surface area contributed by atoms with Crippen molar-refractivity contribution in [2.45, 2.75) is 26.3 Å². The van der Waals surface area contributed by atoms with Gasteiger partial charge in [-0.2, -0.15) is 0 Å². The van der Waals surface area contributed by atoms with Gasteiger partial charge in [-0.15, -0.1) is 11.3 Å². The third-order valence-corrected chi connectivity index (χ3v) is 4.91. The van der Waals surface area contributed by atoms with E-state index in [1.165, 1.54) is 48.4 Å². The zero-order valence-electron chi connectivity index (χ0n) is 14.2. The van der Waals surface area contributed by atoms with Gasteiger partial charge in [0.25, 0.3) is 5.91 Å². The predicted molar refractivity (Wildman–Crippen MR) is 96.3 cm³/mol. The first-order chi connectivity index (χ1) is 12.1. The molecule has 25 heavy (non-hydrogen) atoms. The maximum Gasteiger partial charge on any atom is 0.264 e. The monoisotopic (exact) mass is 363 g/mol. The van der Waals surface area contributed by atoms with Crippen molar-refractivity contribution in [2.24, 2.45) is 5.92 Å². The summed E-state index contributed by atoms with van der Waals surface area (Å²) in [5.41, 5.74) is 0.980. The molecule has 1 fully saturated rings. The first kappa shape index (κ1) is 17.8. The van der Waals surface area contributed by atoms with E-state index in [-0.39, 0.29) is 18.3 Å². The summed E-state index contributed by atoms with van der Waals surface area (Å²) in [6.07, 6.45) is 2.53. The molecule has 0 unspecified atom stereocenters. The van der Waals surface area contributed by atoms with Crippen molar-refractivity contribution in [3.63, 3.8) is 0 Å². The van der Waals surface area contributed by atoms with Crippen LogP contribution in [0.1, 0.15) is 25.5 Å². The summed E-state index contributed by atoms with van der Waals surface area (Å²) in [5, 5.41) is 5.30. The number of thiazole rings is 1. The van der Waals surface area contributed by atoms with Crippen LogP contribution in [0.3, 0.4) is 0 Å². The van der Waals surface area contributed by atoms with E-state index in [2.05, 4.69) is 22.1 Å². The molecule has 0 radical (unpaired) electrons. The number of ether oxygens (including phenoxy) is 1. The van der Waals surface area contributed by atoms with Crippen LogP contribution in [0.4, 0.5) is 9.52 Å². The van der Waals surface area contributed by atoms with E-state index in [9.17, 15) is 9.18 Å². The first-order valence-electron chi connectivity index (χ1n) is 8.43. The van der Waals surface area contributed by atoms with Gasteiger partial charge < -0.3 is 4.74 Å². The summed E-state index contributed by atoms with van der Waals surface area (Å²) < 4.78 is 18.1. The molecular weight excluding hydrogens is 341 g/mol. The number of hydrogen-bond donors (Lipinski definition) is 1. The number of nitrogens with zero attached hydrogens (tertiary/aromatic N) is 2. The van der Waals surface area contributed by atoms with Gasteiger partial charge in [0.05, 0.1) is 5.69 Å². The summed E-state index contributed by atoms with van der Waals surface area (Å²) in [5.74, 6) is 0.567. The average Bonchev–Trinajstić information content (AvgIpc) is 3.01. The van der Waals surface area contributed by atoms with Gasteiger partial charge in [-0.3, -0.25) is 15.0 Å². The number of hydrogen-bond acceptors (Lipinski definition) is 5. The van der Waals surface area contributed by atoms with Crippen molar-refractivity contribution in [3.8, 4) is 5.75 Å². The third kappa shape index (κ3) is 5.51. The molecule has 1 amide bonds. The van der Waals surface area contributed by atoms with Crippen LogP contribution in [0.25, 0.3) is 0 Å². The Labute approximate surface area is 150 Å². The molecule has 134 valence electrons. The third-order valence-electron chi connectivity index (χ3n) is 4.11. The van der Waals surface area contributed by atoms with Crippen LogP contribution < -0.4 is 10.1 Å². The highest BCUT2D eigenvalue weighted by Crippen LogP contribution is 2.21. The number of carbonyl (C=O) groups excluding carboxylic acids is 1. The van der Waals surface area contributed by atoms with Gasteiger partial charge in [0, 0.05) is 18.5 Å². The molecule has 0 aliphatic carbocycles. The van der Waals surface area contributed by atoms with Gasteiger partial charge in [-0.25, -0.2) is 9.37 Å². The zero-order valence-corrected chi connectivity index (χ0v) is 15.0. The Morgan fingerprint density at radius 2 is 2.24 bits per heavy atom. The quantitative estimate of drug-likeness (QED) is 0.853. The molecule has 7 heteroatoms. The van der Waals surface area contributed by atoms with Crippen molar-refractivity contribution in [2.75, 3.05) is 25.0 Å². The molecule has 3 rings (SSSR count). The van der Waals surface area contributed by atoms with E-state index >= 15 is 0 Å². The maximum atomic E-state index is 12.8. The summed E-state index contributed by atoms with van der Waals surface area (Å²) in [6, 6.07) is 5.57. The fraction of sp³-hybridized carbons (Fsp3) is 0.444. The Kier molecular flexibility index (Phi) is 5.99. The van der Waals surface area contributed by atoms with E-state index in [4.69, 9.17) is 4.74 Å². The molecule has 0 bridgehead atoms. The number of halogens is 1. The topological polar surface area (TPSA) is 54.5 Å². The summed E-state index contributed by atoms with van der Waals surface area (Å²) in [4.78, 5) is 18.8. The number of rotatable bonds is 6. The van der Waals surface area contributed by atoms with Gasteiger partial charge >= 0.3 is 0 Å². The average molecular weight is 363 g/mol. The second-order valence-corrected chi connectivity index (χ2v) is 7.28. The van der Waals surface area contributed by atoms with Gasteiger partial charge in [0.15, 0.2) is 11.7 Å². The minimum absolute atomic E-state index is 0.135. The highest BCUT2D eigenvalue weighted by Gasteiger charge is 2.17. The fourth-order valence-electron chi connectivity index (χ4n) is 2.93. The van der Waals surface area contributed by atoms with Crippen LogP contribution in [0, 0.1) is 11.7 Å². The molecule has 1 aromatic carbocycles. The molecule has 2 aromatic rings. The Balaban J connectivity index is 1.45. The van der Waals surface area contributed by atoms with Crippen molar-refractivity contribution in [1.29, 1.82) is 0 Å².